The van der Waals surface area contributed by atoms with Crippen LogP contribution in [0, 0.1) is 6.92 Å². The van der Waals surface area contributed by atoms with E-state index in [0.717, 1.165) is 24.3 Å². The van der Waals surface area contributed by atoms with E-state index in [1.54, 1.807) is 0 Å². The smallest absolute Gasteiger partial charge is 0.208 e. The molecule has 16 heavy (non-hydrogen) atoms. The summed E-state index contributed by atoms with van der Waals surface area (Å²) in [7, 11) is 0. The maximum atomic E-state index is 5.82. The molecule has 0 unspecified atom stereocenters. The van der Waals surface area contributed by atoms with Crippen molar-refractivity contribution < 1.29 is 0 Å². The van der Waals surface area contributed by atoms with Crippen molar-refractivity contribution in [2.45, 2.75) is 20.8 Å². The van der Waals surface area contributed by atoms with Crippen LogP contribution in [0.2, 0.25) is 0 Å². The largest absolute Gasteiger partial charge is 0.369 e. The molecular weight excluding hydrogens is 200 g/mol. The van der Waals surface area contributed by atoms with Gasteiger partial charge in [-0.15, -0.1) is 0 Å². The third-order valence-corrected chi connectivity index (χ3v) is 2.39. The highest BCUT2D eigenvalue weighted by Gasteiger charge is 2.00. The minimum atomic E-state index is 0.429. The number of nitrogens with one attached hydrogen (secondary N) is 1. The van der Waals surface area contributed by atoms with Gasteiger partial charge < -0.3 is 5.73 Å². The number of nitrogens with zero attached hydrogens (tertiary/aromatic N) is 2. The lowest BCUT2D eigenvalue weighted by molar-refractivity contribution is 0.261. The van der Waals surface area contributed by atoms with Gasteiger partial charge >= 0.3 is 0 Å². The van der Waals surface area contributed by atoms with Crippen LogP contribution in [0.5, 0.6) is 0 Å². The van der Waals surface area contributed by atoms with E-state index in [0.29, 0.717) is 5.96 Å². The highest BCUT2D eigenvalue weighted by Crippen LogP contribution is 2.16. The number of hydrogen-bond acceptors (Lipinski definition) is 2. The Morgan fingerprint density at radius 1 is 1.31 bits per heavy atom. The Hall–Kier alpha value is -1.55. The zero-order chi connectivity index (χ0) is 12.0. The molecule has 0 heterocycles. The lowest BCUT2D eigenvalue weighted by Crippen LogP contribution is -2.45. The Morgan fingerprint density at radius 2 is 1.94 bits per heavy atom. The molecule has 0 radical (unpaired) electrons. The Kier molecular flexibility index (Phi) is 4.79. The number of benzene rings is 1. The van der Waals surface area contributed by atoms with Gasteiger partial charge in [0.2, 0.25) is 5.96 Å². The third kappa shape index (κ3) is 3.55. The van der Waals surface area contributed by atoms with Crippen molar-refractivity contribution >= 4 is 11.6 Å². The quantitative estimate of drug-likeness (QED) is 0.462. The molecule has 0 saturated heterocycles. The fourth-order valence-electron chi connectivity index (χ4n) is 1.39. The fraction of sp³-hybridized carbons (Fsp3) is 0.417. The van der Waals surface area contributed by atoms with Crippen LogP contribution in [0.3, 0.4) is 0 Å². The van der Waals surface area contributed by atoms with Crippen molar-refractivity contribution in [1.29, 1.82) is 0 Å². The Morgan fingerprint density at radius 3 is 2.50 bits per heavy atom. The first kappa shape index (κ1) is 12.5. The summed E-state index contributed by atoms with van der Waals surface area (Å²) in [5.41, 5.74) is 10.9. The van der Waals surface area contributed by atoms with Gasteiger partial charge in [0.05, 0.1) is 5.69 Å². The van der Waals surface area contributed by atoms with Crippen LogP contribution < -0.4 is 11.2 Å². The number of aryl methyl sites for hydroxylation is 1. The molecule has 1 aromatic carbocycles. The van der Waals surface area contributed by atoms with Gasteiger partial charge in [-0.05, 0) is 18.6 Å². The van der Waals surface area contributed by atoms with Crippen LogP contribution in [0.15, 0.2) is 29.3 Å². The minimum Gasteiger partial charge on any atom is -0.369 e. The molecule has 0 fully saturated rings. The van der Waals surface area contributed by atoms with Gasteiger partial charge in [-0.2, -0.15) is 0 Å². The lowest BCUT2D eigenvalue weighted by atomic mass is 10.2. The number of hydrogen-bond donors (Lipinski definition) is 2. The molecule has 3 N–H and O–H groups in total. The molecule has 0 aliphatic carbocycles. The van der Waals surface area contributed by atoms with E-state index >= 15 is 0 Å². The number of hydrazine groups is 1. The molecule has 0 spiro atoms. The van der Waals surface area contributed by atoms with Gasteiger partial charge in [0, 0.05) is 13.1 Å². The van der Waals surface area contributed by atoms with E-state index in [1.807, 2.05) is 36.2 Å². The SMILES string of the molecule is CCN(CC)NC(N)=Nc1ccccc1C. The molecule has 1 aromatic rings. The number of rotatable bonds is 4. The number of aliphatic imine (C=N–C) groups is 1. The molecular formula is C12H20N4. The highest BCUT2D eigenvalue weighted by molar-refractivity contribution is 5.80. The van der Waals surface area contributed by atoms with Gasteiger partial charge in [0.25, 0.3) is 0 Å². The molecule has 0 saturated carbocycles. The summed E-state index contributed by atoms with van der Waals surface area (Å²) in [5, 5.41) is 2.00. The first-order valence-corrected chi connectivity index (χ1v) is 5.58. The summed E-state index contributed by atoms with van der Waals surface area (Å²) in [6, 6.07) is 7.91. The summed E-state index contributed by atoms with van der Waals surface area (Å²) in [6.07, 6.45) is 0. The molecule has 88 valence electrons. The molecule has 0 aromatic heterocycles. The van der Waals surface area contributed by atoms with Crippen LogP contribution in [0.4, 0.5) is 5.69 Å². The molecule has 0 bridgehead atoms. The summed E-state index contributed by atoms with van der Waals surface area (Å²) in [6.45, 7) is 7.93. The van der Waals surface area contributed by atoms with Gasteiger partial charge in [-0.25, -0.2) is 10.0 Å². The van der Waals surface area contributed by atoms with Gasteiger partial charge in [-0.1, -0.05) is 32.0 Å². The van der Waals surface area contributed by atoms with Crippen molar-refractivity contribution in [3.63, 3.8) is 0 Å². The van der Waals surface area contributed by atoms with Crippen LogP contribution in [-0.4, -0.2) is 24.1 Å². The molecule has 0 amide bonds. The first-order chi connectivity index (χ1) is 7.67. The normalized spacial score (nSPS) is 11.9. The van der Waals surface area contributed by atoms with Crippen LogP contribution in [0.1, 0.15) is 19.4 Å². The highest BCUT2D eigenvalue weighted by atomic mass is 15.5. The Balaban J connectivity index is 2.73. The standard InChI is InChI=1S/C12H20N4/c1-4-16(5-2)15-12(13)14-11-9-7-6-8-10(11)3/h6-9H,4-5H2,1-3H3,(H3,13,14,15). The predicted molar refractivity (Wildman–Crippen MR) is 68.5 cm³/mol. The van der Waals surface area contributed by atoms with Gasteiger partial charge in [-0.3, -0.25) is 5.43 Å². The zero-order valence-electron chi connectivity index (χ0n) is 10.2. The maximum absolute atomic E-state index is 5.82. The van der Waals surface area contributed by atoms with E-state index in [1.165, 1.54) is 0 Å². The average molecular weight is 220 g/mol. The van der Waals surface area contributed by atoms with E-state index in [-0.39, 0.29) is 0 Å². The topological polar surface area (TPSA) is 53.6 Å². The van der Waals surface area contributed by atoms with Crippen molar-refractivity contribution in [1.82, 2.24) is 10.4 Å². The molecule has 0 aliphatic heterocycles. The molecule has 4 heteroatoms. The van der Waals surface area contributed by atoms with E-state index < -0.39 is 0 Å². The monoisotopic (exact) mass is 220 g/mol. The van der Waals surface area contributed by atoms with Crippen molar-refractivity contribution in [3.05, 3.63) is 29.8 Å². The predicted octanol–water partition coefficient (Wildman–Crippen LogP) is 1.79. The summed E-state index contributed by atoms with van der Waals surface area (Å²) >= 11 is 0. The van der Waals surface area contributed by atoms with E-state index in [9.17, 15) is 0 Å². The Bertz CT molecular complexity index is 356. The van der Waals surface area contributed by atoms with Crippen LogP contribution >= 0.6 is 0 Å². The van der Waals surface area contributed by atoms with Crippen molar-refractivity contribution in [2.75, 3.05) is 13.1 Å². The molecule has 4 nitrogen and oxygen atoms in total. The van der Waals surface area contributed by atoms with Crippen molar-refractivity contribution in [3.8, 4) is 0 Å². The zero-order valence-corrected chi connectivity index (χ0v) is 10.2. The second-order valence-corrected chi connectivity index (χ2v) is 3.57. The maximum Gasteiger partial charge on any atom is 0.208 e. The van der Waals surface area contributed by atoms with Gasteiger partial charge in [0.1, 0.15) is 0 Å². The number of nitrogens with two attached hydrogens (primary N) is 1. The second-order valence-electron chi connectivity index (χ2n) is 3.57. The molecule has 0 aliphatic rings. The average Bonchev–Trinajstić information content (AvgIpc) is 2.29. The Labute approximate surface area is 97.1 Å². The summed E-state index contributed by atoms with van der Waals surface area (Å²) in [5.74, 6) is 0.429. The second kappa shape index (κ2) is 6.12. The number of para-hydroxylation sites is 1. The minimum absolute atomic E-state index is 0.429. The lowest BCUT2D eigenvalue weighted by Gasteiger charge is -2.19. The fourth-order valence-corrected chi connectivity index (χ4v) is 1.39. The first-order valence-electron chi connectivity index (χ1n) is 5.58. The van der Waals surface area contributed by atoms with E-state index in [2.05, 4.69) is 24.3 Å². The van der Waals surface area contributed by atoms with Crippen molar-refractivity contribution in [2.24, 2.45) is 10.7 Å². The van der Waals surface area contributed by atoms with E-state index in [4.69, 9.17) is 5.73 Å². The number of guanidine groups is 1. The van der Waals surface area contributed by atoms with Gasteiger partial charge in [0.15, 0.2) is 0 Å². The third-order valence-electron chi connectivity index (χ3n) is 2.39. The molecule has 0 atom stereocenters. The summed E-state index contributed by atoms with van der Waals surface area (Å²) in [4.78, 5) is 4.34. The van der Waals surface area contributed by atoms with Crippen LogP contribution in [-0.2, 0) is 0 Å². The molecule has 1 rings (SSSR count). The summed E-state index contributed by atoms with van der Waals surface area (Å²) < 4.78 is 0. The van der Waals surface area contributed by atoms with Crippen LogP contribution in [0.25, 0.3) is 0 Å².